The summed E-state index contributed by atoms with van der Waals surface area (Å²) in [5.74, 6) is 0. The van der Waals surface area contributed by atoms with Crippen LogP contribution in [0.25, 0.3) is 11.0 Å². The van der Waals surface area contributed by atoms with Gasteiger partial charge in [-0.1, -0.05) is 0 Å². The molecule has 1 aromatic heterocycles. The molecule has 0 saturated heterocycles. The fourth-order valence-corrected chi connectivity index (χ4v) is 1.59. The molecule has 2 nitrogen and oxygen atoms in total. The molecule has 61 valence electrons. The van der Waals surface area contributed by atoms with Crippen molar-refractivity contribution in [2.24, 2.45) is 0 Å². The predicted octanol–water partition coefficient (Wildman–Crippen LogP) is 1.97. The summed E-state index contributed by atoms with van der Waals surface area (Å²) in [6.07, 6.45) is 3.15. The van der Waals surface area contributed by atoms with Gasteiger partial charge in [-0.25, -0.2) is 0 Å². The van der Waals surface area contributed by atoms with Gasteiger partial charge in [0.1, 0.15) is 11.8 Å². The average Bonchev–Trinajstić information content (AvgIpc) is 2.49. The largest absolute Gasteiger partial charge is 0.612 e. The lowest BCUT2D eigenvalue weighted by Crippen LogP contribution is -1.95. The second-order valence-corrected chi connectivity index (χ2v) is 3.87. The fourth-order valence-electron chi connectivity index (χ4n) is 1.05. The molecule has 2 aromatic rings. The molecule has 1 heterocycles. The van der Waals surface area contributed by atoms with Crippen LogP contribution in [-0.4, -0.2) is 10.8 Å². The standard InChI is InChI=1S/C9H7O2S/c1-12(10)8-3-2-7-4-5-11-9(7)6-8/h2-3,5-6H,1H3. The van der Waals surface area contributed by atoms with Crippen molar-refractivity contribution in [3.8, 4) is 0 Å². The first-order valence-corrected chi connectivity index (χ1v) is 5.05. The minimum atomic E-state index is -0.943. The second-order valence-electron chi connectivity index (χ2n) is 2.49. The number of fused-ring (bicyclic) bond motifs is 1. The van der Waals surface area contributed by atoms with Gasteiger partial charge in [-0.2, -0.15) is 0 Å². The van der Waals surface area contributed by atoms with Gasteiger partial charge in [0, 0.05) is 17.5 Å². The van der Waals surface area contributed by atoms with Gasteiger partial charge in [0.25, 0.3) is 0 Å². The molecule has 0 aliphatic carbocycles. The number of rotatable bonds is 1. The molecular formula is C9H7O2S. The van der Waals surface area contributed by atoms with Crippen LogP contribution >= 0.6 is 0 Å². The maximum absolute atomic E-state index is 11.1. The van der Waals surface area contributed by atoms with E-state index >= 15 is 0 Å². The van der Waals surface area contributed by atoms with Crippen molar-refractivity contribution in [3.63, 3.8) is 0 Å². The van der Waals surface area contributed by atoms with Crippen LogP contribution in [0, 0.1) is 6.07 Å². The van der Waals surface area contributed by atoms with Crippen molar-refractivity contribution in [2.45, 2.75) is 4.90 Å². The molecule has 0 aliphatic heterocycles. The Bertz CT molecular complexity index is 392. The molecule has 1 aromatic carbocycles. The lowest BCUT2D eigenvalue weighted by Gasteiger charge is -2.02. The molecule has 0 N–H and O–H groups in total. The minimum absolute atomic E-state index is 0.739. The van der Waals surface area contributed by atoms with E-state index in [0.29, 0.717) is 0 Å². The fraction of sp³-hybridized carbons (Fsp3) is 0.111. The maximum Gasteiger partial charge on any atom is 0.156 e. The van der Waals surface area contributed by atoms with E-state index in [4.69, 9.17) is 4.42 Å². The van der Waals surface area contributed by atoms with E-state index in [-0.39, 0.29) is 0 Å². The van der Waals surface area contributed by atoms with Crippen molar-refractivity contribution in [1.29, 1.82) is 0 Å². The molecule has 0 amide bonds. The molecule has 0 bridgehead atoms. The van der Waals surface area contributed by atoms with E-state index in [1.165, 1.54) is 6.26 Å². The van der Waals surface area contributed by atoms with Gasteiger partial charge in [-0.05, 0) is 23.3 Å². The summed E-state index contributed by atoms with van der Waals surface area (Å²) in [5, 5.41) is 0.921. The van der Waals surface area contributed by atoms with Gasteiger partial charge in [0.15, 0.2) is 4.90 Å². The third kappa shape index (κ3) is 1.21. The number of hydrogen-bond acceptors (Lipinski definition) is 2. The van der Waals surface area contributed by atoms with Crippen molar-refractivity contribution in [1.82, 2.24) is 0 Å². The van der Waals surface area contributed by atoms with E-state index in [1.54, 1.807) is 12.3 Å². The van der Waals surface area contributed by atoms with Crippen molar-refractivity contribution in [3.05, 3.63) is 30.5 Å². The highest BCUT2D eigenvalue weighted by Crippen LogP contribution is 2.19. The van der Waals surface area contributed by atoms with E-state index < -0.39 is 11.2 Å². The van der Waals surface area contributed by atoms with Crippen LogP contribution in [0.1, 0.15) is 0 Å². The first-order valence-electron chi connectivity index (χ1n) is 3.50. The molecule has 0 saturated carbocycles. The summed E-state index contributed by atoms with van der Waals surface area (Å²) < 4.78 is 16.2. The SMILES string of the molecule is C[S+]([O-])c1ccc2[c]coc2c1. The molecular weight excluding hydrogens is 172 g/mol. The second kappa shape index (κ2) is 2.84. The maximum atomic E-state index is 11.1. The zero-order chi connectivity index (χ0) is 8.55. The van der Waals surface area contributed by atoms with E-state index in [9.17, 15) is 4.55 Å². The van der Waals surface area contributed by atoms with Gasteiger partial charge >= 0.3 is 0 Å². The monoisotopic (exact) mass is 179 g/mol. The molecule has 1 radical (unpaired) electrons. The molecule has 0 fully saturated rings. The molecule has 1 atom stereocenters. The Labute approximate surface area is 73.4 Å². The van der Waals surface area contributed by atoms with E-state index in [2.05, 4.69) is 6.07 Å². The van der Waals surface area contributed by atoms with Gasteiger partial charge in [-0.15, -0.1) is 0 Å². The van der Waals surface area contributed by atoms with Crippen LogP contribution in [0.3, 0.4) is 0 Å². The summed E-state index contributed by atoms with van der Waals surface area (Å²) in [6.45, 7) is 0. The summed E-state index contributed by atoms with van der Waals surface area (Å²) in [6, 6.07) is 8.38. The van der Waals surface area contributed by atoms with Gasteiger partial charge < -0.3 is 8.97 Å². The highest BCUT2D eigenvalue weighted by atomic mass is 32.2. The minimum Gasteiger partial charge on any atom is -0.612 e. The number of furan rings is 1. The van der Waals surface area contributed by atoms with E-state index in [1.807, 2.05) is 12.1 Å². The van der Waals surface area contributed by atoms with Crippen LogP contribution in [0.2, 0.25) is 0 Å². The van der Waals surface area contributed by atoms with Gasteiger partial charge in [0.05, 0.1) is 6.26 Å². The van der Waals surface area contributed by atoms with Crippen LogP contribution in [-0.2, 0) is 11.2 Å². The first-order chi connectivity index (χ1) is 5.77. The zero-order valence-corrected chi connectivity index (χ0v) is 7.35. The van der Waals surface area contributed by atoms with Crippen LogP contribution < -0.4 is 0 Å². The summed E-state index contributed by atoms with van der Waals surface area (Å²) in [5.41, 5.74) is 0.739. The molecule has 12 heavy (non-hydrogen) atoms. The van der Waals surface area contributed by atoms with Crippen molar-refractivity contribution < 1.29 is 8.97 Å². The topological polar surface area (TPSA) is 36.2 Å². The first kappa shape index (κ1) is 7.71. The normalized spacial score (nSPS) is 13.5. The Morgan fingerprint density at radius 3 is 3.08 bits per heavy atom. The van der Waals surface area contributed by atoms with Crippen LogP contribution in [0.4, 0.5) is 0 Å². The smallest absolute Gasteiger partial charge is 0.156 e. The highest BCUT2D eigenvalue weighted by molar-refractivity contribution is 7.90. The van der Waals surface area contributed by atoms with Gasteiger partial charge in [-0.3, -0.25) is 0 Å². The Balaban J connectivity index is 2.60. The third-order valence-electron chi connectivity index (χ3n) is 1.69. The lowest BCUT2D eigenvalue weighted by molar-refractivity contribution is 0.598. The lowest BCUT2D eigenvalue weighted by atomic mass is 10.3. The molecule has 0 aliphatic rings. The Morgan fingerprint density at radius 1 is 1.50 bits per heavy atom. The van der Waals surface area contributed by atoms with Crippen LogP contribution in [0.15, 0.2) is 33.8 Å². The van der Waals surface area contributed by atoms with Crippen LogP contribution in [0.5, 0.6) is 0 Å². The highest BCUT2D eigenvalue weighted by Gasteiger charge is 2.05. The Morgan fingerprint density at radius 2 is 2.33 bits per heavy atom. The number of hydrogen-bond donors (Lipinski definition) is 0. The molecule has 3 heteroatoms. The predicted molar refractivity (Wildman–Crippen MR) is 47.4 cm³/mol. The third-order valence-corrected chi connectivity index (χ3v) is 2.60. The molecule has 2 rings (SSSR count). The molecule has 0 spiro atoms. The van der Waals surface area contributed by atoms with Crippen molar-refractivity contribution in [2.75, 3.05) is 6.26 Å². The summed E-state index contributed by atoms with van der Waals surface area (Å²) >= 11 is -0.943. The summed E-state index contributed by atoms with van der Waals surface area (Å²) in [4.78, 5) is 0.783. The Kier molecular flexibility index (Phi) is 1.83. The van der Waals surface area contributed by atoms with Gasteiger partial charge in [0.2, 0.25) is 0 Å². The molecule has 1 unspecified atom stereocenters. The summed E-state index contributed by atoms with van der Waals surface area (Å²) in [7, 11) is 0. The average molecular weight is 179 g/mol. The zero-order valence-electron chi connectivity index (χ0n) is 6.53. The number of benzene rings is 1. The Hall–Kier alpha value is -0.930. The van der Waals surface area contributed by atoms with Crippen molar-refractivity contribution >= 4 is 22.1 Å². The quantitative estimate of drug-likeness (QED) is 0.627. The van der Waals surface area contributed by atoms with E-state index in [0.717, 1.165) is 15.9 Å².